The summed E-state index contributed by atoms with van der Waals surface area (Å²) in [6.45, 7) is 2.31. The Morgan fingerprint density at radius 1 is 0.297 bits per heavy atom. The van der Waals surface area contributed by atoms with E-state index in [0.717, 1.165) is 5.92 Å². The van der Waals surface area contributed by atoms with Gasteiger partial charge in [-0.3, -0.25) is 0 Å². The van der Waals surface area contributed by atoms with Gasteiger partial charge >= 0.3 is 0 Å². The Kier molecular flexibility index (Phi) is 28.9. The van der Waals surface area contributed by atoms with E-state index in [1.807, 2.05) is 0 Å². The van der Waals surface area contributed by atoms with Crippen LogP contribution in [0.5, 0.6) is 0 Å². The molecule has 0 amide bonds. The Morgan fingerprint density at radius 2 is 0.541 bits per heavy atom. The highest BCUT2D eigenvalue weighted by Gasteiger charge is 2.10. The molecule has 1 aliphatic carbocycles. The summed E-state index contributed by atoms with van der Waals surface area (Å²) in [7, 11) is 0. The molecule has 1 aliphatic rings. The lowest BCUT2D eigenvalue weighted by Gasteiger charge is -2.15. The summed E-state index contributed by atoms with van der Waals surface area (Å²) in [6, 6.07) is 0. The van der Waals surface area contributed by atoms with E-state index in [0.29, 0.717) is 0 Å². The van der Waals surface area contributed by atoms with Gasteiger partial charge in [0.05, 0.1) is 0 Å². The van der Waals surface area contributed by atoms with Crippen LogP contribution < -0.4 is 0 Å². The highest BCUT2D eigenvalue weighted by atomic mass is 14.2. The largest absolute Gasteiger partial charge is 0.0654 e. The van der Waals surface area contributed by atoms with Crippen LogP contribution in [0, 0.1) is 5.92 Å². The first-order valence-corrected chi connectivity index (χ1v) is 18.4. The Balaban J connectivity index is 1.66. The van der Waals surface area contributed by atoms with Gasteiger partial charge in [0.25, 0.3) is 0 Å². The second-order valence-corrected chi connectivity index (χ2v) is 13.2. The molecule has 0 unspecified atom stereocenters. The predicted molar refractivity (Wildman–Crippen MR) is 171 cm³/mol. The zero-order valence-corrected chi connectivity index (χ0v) is 26.3. The van der Waals surface area contributed by atoms with Crippen LogP contribution in [-0.4, -0.2) is 0 Å². The fourth-order valence-electron chi connectivity index (χ4n) is 6.76. The molecule has 0 N–H and O–H groups in total. The molecule has 1 fully saturated rings. The van der Waals surface area contributed by atoms with E-state index in [4.69, 9.17) is 0 Å². The van der Waals surface area contributed by atoms with Gasteiger partial charge in [-0.05, 0) is 5.92 Å². The third-order valence-corrected chi connectivity index (χ3v) is 9.44. The first-order valence-electron chi connectivity index (χ1n) is 18.4. The lowest BCUT2D eigenvalue weighted by atomic mass is 9.91. The fourth-order valence-corrected chi connectivity index (χ4v) is 6.76. The molecule has 0 atom stereocenters. The van der Waals surface area contributed by atoms with Crippen molar-refractivity contribution in [2.75, 3.05) is 0 Å². The SMILES string of the molecule is CCCCCCCCCCCCCCCCCCCCCCCCCCCCC1CCCCCCCC1. The van der Waals surface area contributed by atoms with Crippen molar-refractivity contribution in [3.05, 3.63) is 0 Å². The minimum Gasteiger partial charge on any atom is -0.0654 e. The maximum atomic E-state index is 2.31. The van der Waals surface area contributed by atoms with E-state index in [2.05, 4.69) is 6.92 Å². The van der Waals surface area contributed by atoms with E-state index < -0.39 is 0 Å². The molecule has 0 heteroatoms. The van der Waals surface area contributed by atoms with Gasteiger partial charge in [-0.1, -0.05) is 232 Å². The van der Waals surface area contributed by atoms with Crippen LogP contribution in [0.3, 0.4) is 0 Å². The van der Waals surface area contributed by atoms with Crippen LogP contribution in [0.25, 0.3) is 0 Å². The zero-order valence-electron chi connectivity index (χ0n) is 26.3. The lowest BCUT2D eigenvalue weighted by molar-refractivity contribution is 0.381. The number of rotatable bonds is 27. The van der Waals surface area contributed by atoms with Crippen LogP contribution in [0.4, 0.5) is 0 Å². The van der Waals surface area contributed by atoms with Crippen molar-refractivity contribution >= 4 is 0 Å². The molecule has 222 valence electrons. The average Bonchev–Trinajstić information content (AvgIpc) is 3.04. The Bertz CT molecular complexity index is 389. The highest BCUT2D eigenvalue weighted by molar-refractivity contribution is 4.63. The topological polar surface area (TPSA) is 0 Å². The molecular weight excluding hydrogens is 444 g/mol. The molecule has 0 aliphatic heterocycles. The van der Waals surface area contributed by atoms with Crippen LogP contribution in [0.15, 0.2) is 0 Å². The molecule has 0 spiro atoms. The van der Waals surface area contributed by atoms with Gasteiger partial charge < -0.3 is 0 Å². The van der Waals surface area contributed by atoms with Crippen molar-refractivity contribution in [3.8, 4) is 0 Å². The molecule has 0 aromatic heterocycles. The fraction of sp³-hybridized carbons (Fsp3) is 1.00. The molecule has 0 aromatic rings. The molecule has 0 heterocycles. The maximum Gasteiger partial charge on any atom is -0.0414 e. The van der Waals surface area contributed by atoms with E-state index in [1.54, 1.807) is 19.3 Å². The maximum absolute atomic E-state index is 2.31. The number of unbranched alkanes of at least 4 members (excludes halogenated alkanes) is 25. The van der Waals surface area contributed by atoms with Crippen molar-refractivity contribution in [2.24, 2.45) is 5.92 Å². The van der Waals surface area contributed by atoms with Crippen molar-refractivity contribution in [2.45, 2.75) is 232 Å². The summed E-state index contributed by atoms with van der Waals surface area (Å²) in [5, 5.41) is 0. The monoisotopic (exact) mass is 519 g/mol. The number of hydrogen-bond donors (Lipinski definition) is 0. The quantitative estimate of drug-likeness (QED) is 0.0948. The van der Waals surface area contributed by atoms with E-state index >= 15 is 0 Å². The summed E-state index contributed by atoms with van der Waals surface area (Å²) in [6.07, 6.45) is 52.4. The summed E-state index contributed by atoms with van der Waals surface area (Å²) in [5.74, 6) is 1.08. The summed E-state index contributed by atoms with van der Waals surface area (Å²) < 4.78 is 0. The third kappa shape index (κ3) is 27.4. The molecule has 0 saturated heterocycles. The van der Waals surface area contributed by atoms with Gasteiger partial charge in [0.1, 0.15) is 0 Å². The van der Waals surface area contributed by atoms with Crippen molar-refractivity contribution in [3.63, 3.8) is 0 Å². The molecule has 0 nitrogen and oxygen atoms in total. The van der Waals surface area contributed by atoms with E-state index in [1.165, 1.54) is 205 Å². The Labute approximate surface area is 237 Å². The van der Waals surface area contributed by atoms with Gasteiger partial charge in [0.2, 0.25) is 0 Å². The first kappa shape index (κ1) is 35.0. The Hall–Kier alpha value is 0. The van der Waals surface area contributed by atoms with Gasteiger partial charge in [0.15, 0.2) is 0 Å². The highest BCUT2D eigenvalue weighted by Crippen LogP contribution is 2.26. The van der Waals surface area contributed by atoms with Crippen molar-refractivity contribution < 1.29 is 0 Å². The zero-order chi connectivity index (χ0) is 26.3. The van der Waals surface area contributed by atoms with Crippen molar-refractivity contribution in [1.29, 1.82) is 0 Å². The molecule has 1 saturated carbocycles. The summed E-state index contributed by atoms with van der Waals surface area (Å²) in [5.41, 5.74) is 0. The molecule has 0 bridgehead atoms. The van der Waals surface area contributed by atoms with Gasteiger partial charge in [0, 0.05) is 0 Å². The lowest BCUT2D eigenvalue weighted by Crippen LogP contribution is -2.00. The minimum atomic E-state index is 1.08. The minimum absolute atomic E-state index is 1.08. The summed E-state index contributed by atoms with van der Waals surface area (Å²) >= 11 is 0. The summed E-state index contributed by atoms with van der Waals surface area (Å²) in [4.78, 5) is 0. The second-order valence-electron chi connectivity index (χ2n) is 13.2. The smallest absolute Gasteiger partial charge is 0.0414 e. The number of hydrogen-bond acceptors (Lipinski definition) is 0. The first-order chi connectivity index (χ1) is 18.4. The Morgan fingerprint density at radius 3 is 0.838 bits per heavy atom. The van der Waals surface area contributed by atoms with Gasteiger partial charge in [-0.15, -0.1) is 0 Å². The average molecular weight is 519 g/mol. The van der Waals surface area contributed by atoms with Crippen LogP contribution >= 0.6 is 0 Å². The molecule has 0 aromatic carbocycles. The van der Waals surface area contributed by atoms with Gasteiger partial charge in [-0.25, -0.2) is 0 Å². The van der Waals surface area contributed by atoms with E-state index in [-0.39, 0.29) is 0 Å². The molecule has 1 rings (SSSR count). The third-order valence-electron chi connectivity index (χ3n) is 9.44. The van der Waals surface area contributed by atoms with E-state index in [9.17, 15) is 0 Å². The predicted octanol–water partition coefficient (Wildman–Crippen LogP) is 14.3. The molecule has 0 radical (unpaired) electrons. The molecular formula is C37H74. The molecule has 37 heavy (non-hydrogen) atoms. The van der Waals surface area contributed by atoms with Crippen molar-refractivity contribution in [1.82, 2.24) is 0 Å². The van der Waals surface area contributed by atoms with Gasteiger partial charge in [-0.2, -0.15) is 0 Å². The second kappa shape index (κ2) is 30.5. The normalized spacial score (nSPS) is 15.5. The van der Waals surface area contributed by atoms with Crippen LogP contribution in [-0.2, 0) is 0 Å². The van der Waals surface area contributed by atoms with Crippen LogP contribution in [0.1, 0.15) is 232 Å². The standard InChI is InChI=1S/C37H74/c1-2-3-4-5-6-7-8-9-10-11-12-13-14-15-16-17-18-19-20-21-22-23-24-25-28-31-34-37-35-32-29-26-27-30-33-36-37/h37H,2-36H2,1H3. The van der Waals surface area contributed by atoms with Crippen LogP contribution in [0.2, 0.25) is 0 Å².